The van der Waals surface area contributed by atoms with E-state index in [-0.39, 0.29) is 11.5 Å². The van der Waals surface area contributed by atoms with Gasteiger partial charge in [-0.15, -0.1) is 0 Å². The van der Waals surface area contributed by atoms with Crippen molar-refractivity contribution in [1.82, 2.24) is 24.6 Å². The highest BCUT2D eigenvalue weighted by Gasteiger charge is 2.27. The number of carbonyl (C=O) groups is 1. The maximum Gasteiger partial charge on any atom is 0.256 e. The SMILES string of the molecule is Cc1ccc(Cc2nc(N3CCN(C(=O)c4ccccc4F)CC3)c3cnn(-c4ccccc4)c3n2)cc1. The summed E-state index contributed by atoms with van der Waals surface area (Å²) in [6, 6.07) is 24.4. The number of halogens is 1. The number of piperazine rings is 1. The molecule has 0 saturated carbocycles. The molecule has 0 unspecified atom stereocenters. The van der Waals surface area contributed by atoms with Crippen LogP contribution in [0.4, 0.5) is 10.2 Å². The van der Waals surface area contributed by atoms with Crippen molar-refractivity contribution >= 4 is 22.8 Å². The minimum Gasteiger partial charge on any atom is -0.352 e. The average Bonchev–Trinajstić information content (AvgIpc) is 3.38. The van der Waals surface area contributed by atoms with Gasteiger partial charge in [-0.3, -0.25) is 4.79 Å². The van der Waals surface area contributed by atoms with Crippen LogP contribution in [0.1, 0.15) is 27.3 Å². The number of hydrogen-bond donors (Lipinski definition) is 0. The van der Waals surface area contributed by atoms with Crippen LogP contribution in [0.5, 0.6) is 0 Å². The molecule has 8 heteroatoms. The van der Waals surface area contributed by atoms with E-state index in [2.05, 4.69) is 41.2 Å². The third-order valence-electron chi connectivity index (χ3n) is 6.91. The largest absolute Gasteiger partial charge is 0.352 e. The highest BCUT2D eigenvalue weighted by atomic mass is 19.1. The Morgan fingerprint density at radius 1 is 0.868 bits per heavy atom. The number of benzene rings is 3. The van der Waals surface area contributed by atoms with Crippen molar-refractivity contribution in [1.29, 1.82) is 0 Å². The molecule has 1 aliphatic heterocycles. The van der Waals surface area contributed by atoms with Crippen LogP contribution in [0, 0.1) is 12.7 Å². The molecule has 1 saturated heterocycles. The molecule has 5 aromatic rings. The van der Waals surface area contributed by atoms with Gasteiger partial charge in [0.05, 0.1) is 22.8 Å². The van der Waals surface area contributed by atoms with Gasteiger partial charge in [-0.2, -0.15) is 5.10 Å². The number of fused-ring (bicyclic) bond motifs is 1. The van der Waals surface area contributed by atoms with E-state index >= 15 is 0 Å². The Balaban J connectivity index is 1.33. The number of amides is 1. The Morgan fingerprint density at radius 2 is 1.58 bits per heavy atom. The van der Waals surface area contributed by atoms with Gasteiger partial charge in [-0.25, -0.2) is 19.0 Å². The maximum absolute atomic E-state index is 14.2. The predicted octanol–water partition coefficient (Wildman–Crippen LogP) is 4.82. The van der Waals surface area contributed by atoms with Crippen LogP contribution >= 0.6 is 0 Å². The highest BCUT2D eigenvalue weighted by Crippen LogP contribution is 2.28. The first-order valence-corrected chi connectivity index (χ1v) is 12.7. The van der Waals surface area contributed by atoms with E-state index in [0.29, 0.717) is 38.4 Å². The third kappa shape index (κ3) is 4.61. The van der Waals surface area contributed by atoms with E-state index in [1.165, 1.54) is 17.7 Å². The first kappa shape index (κ1) is 23.8. The zero-order chi connectivity index (χ0) is 26.1. The molecule has 1 aliphatic rings. The molecule has 3 heterocycles. The van der Waals surface area contributed by atoms with E-state index in [1.54, 1.807) is 17.0 Å². The highest BCUT2D eigenvalue weighted by molar-refractivity contribution is 5.95. The van der Waals surface area contributed by atoms with Crippen LogP contribution in [0.15, 0.2) is 85.1 Å². The summed E-state index contributed by atoms with van der Waals surface area (Å²) in [7, 11) is 0. The molecule has 6 rings (SSSR count). The van der Waals surface area contributed by atoms with Gasteiger partial charge >= 0.3 is 0 Å². The normalized spacial score (nSPS) is 13.7. The van der Waals surface area contributed by atoms with Crippen molar-refractivity contribution in [3.63, 3.8) is 0 Å². The van der Waals surface area contributed by atoms with Gasteiger partial charge in [-0.1, -0.05) is 60.2 Å². The molecule has 2 aromatic heterocycles. The molecule has 1 amide bonds. The fraction of sp³-hybridized carbons (Fsp3) is 0.200. The van der Waals surface area contributed by atoms with Gasteiger partial charge in [0.1, 0.15) is 17.5 Å². The van der Waals surface area contributed by atoms with Crippen LogP contribution in [0.2, 0.25) is 0 Å². The van der Waals surface area contributed by atoms with Crippen molar-refractivity contribution in [3.8, 4) is 5.69 Å². The van der Waals surface area contributed by atoms with E-state index < -0.39 is 5.82 Å². The van der Waals surface area contributed by atoms with E-state index in [9.17, 15) is 9.18 Å². The topological polar surface area (TPSA) is 67.2 Å². The molecule has 3 aromatic carbocycles. The zero-order valence-corrected chi connectivity index (χ0v) is 21.1. The summed E-state index contributed by atoms with van der Waals surface area (Å²) in [6.07, 6.45) is 2.40. The summed E-state index contributed by atoms with van der Waals surface area (Å²) in [4.78, 5) is 26.7. The molecule has 0 aliphatic carbocycles. The summed E-state index contributed by atoms with van der Waals surface area (Å²) >= 11 is 0. The lowest BCUT2D eigenvalue weighted by Crippen LogP contribution is -2.49. The Bertz CT molecular complexity index is 1590. The van der Waals surface area contributed by atoms with Crippen LogP contribution in [0.25, 0.3) is 16.7 Å². The van der Waals surface area contributed by atoms with E-state index in [0.717, 1.165) is 28.1 Å². The van der Waals surface area contributed by atoms with Crippen molar-refractivity contribution in [2.45, 2.75) is 13.3 Å². The van der Waals surface area contributed by atoms with Crippen LogP contribution < -0.4 is 4.90 Å². The number of carbonyl (C=O) groups excluding carboxylic acids is 1. The molecule has 7 nitrogen and oxygen atoms in total. The molecule has 190 valence electrons. The second-order valence-electron chi connectivity index (χ2n) is 9.51. The van der Waals surface area contributed by atoms with Gasteiger partial charge in [0, 0.05) is 32.6 Å². The summed E-state index contributed by atoms with van der Waals surface area (Å²) in [6.45, 7) is 4.16. The van der Waals surface area contributed by atoms with E-state index in [1.807, 2.05) is 41.2 Å². The lowest BCUT2D eigenvalue weighted by atomic mass is 10.1. The lowest BCUT2D eigenvalue weighted by molar-refractivity contribution is 0.0742. The Labute approximate surface area is 220 Å². The Kier molecular flexibility index (Phi) is 6.29. The van der Waals surface area contributed by atoms with E-state index in [4.69, 9.17) is 9.97 Å². The van der Waals surface area contributed by atoms with Gasteiger partial charge in [0.2, 0.25) is 0 Å². The maximum atomic E-state index is 14.2. The molecular formula is C30H27FN6O. The third-order valence-corrected chi connectivity index (χ3v) is 6.91. The Morgan fingerprint density at radius 3 is 2.32 bits per heavy atom. The van der Waals surface area contributed by atoms with Crippen LogP contribution in [0.3, 0.4) is 0 Å². The predicted molar refractivity (Wildman–Crippen MR) is 145 cm³/mol. The quantitative estimate of drug-likeness (QED) is 0.342. The molecular weight excluding hydrogens is 479 g/mol. The monoisotopic (exact) mass is 506 g/mol. The van der Waals surface area contributed by atoms with Crippen molar-refractivity contribution in [2.24, 2.45) is 0 Å². The second kappa shape index (κ2) is 10.0. The number of rotatable bonds is 5. The smallest absolute Gasteiger partial charge is 0.256 e. The fourth-order valence-electron chi connectivity index (χ4n) is 4.83. The molecule has 0 atom stereocenters. The van der Waals surface area contributed by atoms with Crippen LogP contribution in [-0.2, 0) is 6.42 Å². The lowest BCUT2D eigenvalue weighted by Gasteiger charge is -2.35. The summed E-state index contributed by atoms with van der Waals surface area (Å²) in [5.74, 6) is 0.732. The zero-order valence-electron chi connectivity index (χ0n) is 21.1. The number of nitrogens with zero attached hydrogens (tertiary/aromatic N) is 6. The second-order valence-corrected chi connectivity index (χ2v) is 9.51. The van der Waals surface area contributed by atoms with Gasteiger partial charge in [0.15, 0.2) is 5.65 Å². The van der Waals surface area contributed by atoms with Gasteiger partial charge < -0.3 is 9.80 Å². The first-order valence-electron chi connectivity index (χ1n) is 12.7. The number of aromatic nitrogens is 4. The summed E-state index contributed by atoms with van der Waals surface area (Å²) < 4.78 is 16.1. The van der Waals surface area contributed by atoms with Crippen molar-refractivity contribution in [2.75, 3.05) is 31.1 Å². The van der Waals surface area contributed by atoms with Crippen molar-refractivity contribution < 1.29 is 9.18 Å². The molecule has 1 fully saturated rings. The number of para-hydroxylation sites is 1. The minimum atomic E-state index is -0.494. The minimum absolute atomic E-state index is 0.106. The molecule has 0 radical (unpaired) electrons. The number of hydrogen-bond acceptors (Lipinski definition) is 5. The van der Waals surface area contributed by atoms with Gasteiger partial charge in [0.25, 0.3) is 5.91 Å². The fourth-order valence-corrected chi connectivity index (χ4v) is 4.83. The van der Waals surface area contributed by atoms with Gasteiger partial charge in [-0.05, 0) is 36.8 Å². The Hall–Kier alpha value is -4.59. The molecule has 0 N–H and O–H groups in total. The van der Waals surface area contributed by atoms with Crippen LogP contribution in [-0.4, -0.2) is 56.7 Å². The summed E-state index contributed by atoms with van der Waals surface area (Å²) in [5.41, 5.74) is 4.11. The standard InChI is InChI=1S/C30H27FN6O/c1-21-11-13-22(14-12-21)19-27-33-28(25-20-32-37(29(25)34-27)23-7-3-2-4-8-23)35-15-17-36(18-16-35)30(38)24-9-5-6-10-26(24)31/h2-14,20H,15-19H2,1H3. The summed E-state index contributed by atoms with van der Waals surface area (Å²) in [5, 5.41) is 5.51. The number of aryl methyl sites for hydroxylation is 1. The number of anilines is 1. The van der Waals surface area contributed by atoms with Crippen molar-refractivity contribution in [3.05, 3.63) is 113 Å². The average molecular weight is 507 g/mol. The molecule has 0 bridgehead atoms. The molecule has 38 heavy (non-hydrogen) atoms. The molecule has 0 spiro atoms. The first-order chi connectivity index (χ1) is 18.6.